The molecule has 3 N–H and O–H groups in total. The topological polar surface area (TPSA) is 63.9 Å². The van der Waals surface area contributed by atoms with E-state index in [1.807, 2.05) is 0 Å². The lowest BCUT2D eigenvalue weighted by Crippen LogP contribution is -2.19. The standard InChI is InChI=1S/C10H15NO3/c1-11(2)6-10(14)7-3-4-8(12)9(13)5-7/h3-5,10,12-14H,6H2,1-2H3/i1D3,2D3. The lowest BCUT2D eigenvalue weighted by atomic mass is 10.1. The molecule has 1 aromatic carbocycles. The summed E-state index contributed by atoms with van der Waals surface area (Å²) in [5.41, 5.74) is 0.0961. The third kappa shape index (κ3) is 2.61. The number of hydrogen-bond donors (Lipinski definition) is 3. The molecule has 1 rings (SSSR count). The van der Waals surface area contributed by atoms with Crippen molar-refractivity contribution in [3.05, 3.63) is 23.8 Å². The minimum atomic E-state index is -2.90. The van der Waals surface area contributed by atoms with Crippen molar-refractivity contribution in [3.63, 3.8) is 0 Å². The molecule has 0 amide bonds. The SMILES string of the molecule is [2H]C([2H])([2H])N(CC(O)c1ccc(O)c(O)c1)C([2H])([2H])[2H]. The maximum atomic E-state index is 9.90. The summed E-state index contributed by atoms with van der Waals surface area (Å²) >= 11 is 0. The Kier molecular flexibility index (Phi) is 1.54. The van der Waals surface area contributed by atoms with Crippen LogP contribution in [-0.2, 0) is 0 Å². The fourth-order valence-electron chi connectivity index (χ4n) is 1.03. The highest BCUT2D eigenvalue weighted by Gasteiger charge is 2.10. The lowest BCUT2D eigenvalue weighted by Gasteiger charge is -2.16. The van der Waals surface area contributed by atoms with Gasteiger partial charge in [-0.25, -0.2) is 0 Å². The number of aromatic hydroxyl groups is 2. The maximum absolute atomic E-state index is 9.90. The molecule has 14 heavy (non-hydrogen) atoms. The number of likely N-dealkylation sites (N-methyl/N-ethyl adjacent to an activating group) is 1. The lowest BCUT2D eigenvalue weighted by molar-refractivity contribution is 0.138. The smallest absolute Gasteiger partial charge is 0.157 e. The first-order valence-corrected chi connectivity index (χ1v) is 3.90. The quantitative estimate of drug-likeness (QED) is 0.632. The van der Waals surface area contributed by atoms with E-state index < -0.39 is 38.1 Å². The van der Waals surface area contributed by atoms with Crippen LogP contribution in [0.2, 0.25) is 0 Å². The Balaban J connectivity index is 2.96. The molecule has 1 atom stereocenters. The fraction of sp³-hybridized carbons (Fsp3) is 0.400. The summed E-state index contributed by atoms with van der Waals surface area (Å²) in [5.74, 6) is -0.889. The van der Waals surface area contributed by atoms with Crippen LogP contribution in [0.4, 0.5) is 0 Å². The van der Waals surface area contributed by atoms with Crippen LogP contribution >= 0.6 is 0 Å². The Labute approximate surface area is 91.5 Å². The van der Waals surface area contributed by atoms with E-state index in [0.29, 0.717) is 0 Å². The van der Waals surface area contributed by atoms with Crippen LogP contribution in [0, 0.1) is 0 Å². The van der Waals surface area contributed by atoms with Crippen LogP contribution in [0.5, 0.6) is 11.5 Å². The molecular weight excluding hydrogens is 182 g/mol. The number of phenols is 2. The van der Waals surface area contributed by atoms with Crippen LogP contribution < -0.4 is 0 Å². The van der Waals surface area contributed by atoms with Gasteiger partial charge < -0.3 is 20.2 Å². The van der Waals surface area contributed by atoms with Crippen molar-refractivity contribution in [3.8, 4) is 11.5 Å². The molecule has 0 heterocycles. The van der Waals surface area contributed by atoms with Gasteiger partial charge in [0.25, 0.3) is 0 Å². The van der Waals surface area contributed by atoms with E-state index in [-0.39, 0.29) is 10.5 Å². The highest BCUT2D eigenvalue weighted by Crippen LogP contribution is 2.27. The molecular formula is C10H15NO3. The van der Waals surface area contributed by atoms with Gasteiger partial charge in [0.05, 0.1) is 6.10 Å². The van der Waals surface area contributed by atoms with Crippen LogP contribution in [0.15, 0.2) is 18.2 Å². The zero-order valence-electron chi connectivity index (χ0n) is 13.3. The first-order chi connectivity index (χ1) is 8.93. The molecule has 0 aliphatic heterocycles. The predicted molar refractivity (Wildman–Crippen MR) is 53.3 cm³/mol. The van der Waals surface area contributed by atoms with Gasteiger partial charge in [-0.3, -0.25) is 0 Å². The van der Waals surface area contributed by atoms with Crippen molar-refractivity contribution in [1.29, 1.82) is 0 Å². The summed E-state index contributed by atoms with van der Waals surface area (Å²) in [6, 6.07) is 3.41. The molecule has 0 aliphatic carbocycles. The monoisotopic (exact) mass is 203 g/mol. The largest absolute Gasteiger partial charge is 0.504 e. The molecule has 0 aliphatic rings. The van der Waals surface area contributed by atoms with Crippen LogP contribution in [0.1, 0.15) is 19.9 Å². The van der Waals surface area contributed by atoms with Gasteiger partial charge in [-0.15, -0.1) is 0 Å². The Morgan fingerprint density at radius 2 is 2.07 bits per heavy atom. The molecule has 0 fully saturated rings. The Morgan fingerprint density at radius 3 is 2.64 bits per heavy atom. The van der Waals surface area contributed by atoms with Gasteiger partial charge in [0, 0.05) is 14.8 Å². The van der Waals surface area contributed by atoms with Gasteiger partial charge in [-0.2, -0.15) is 0 Å². The molecule has 0 bridgehead atoms. The Hall–Kier alpha value is -1.26. The average molecular weight is 203 g/mol. The van der Waals surface area contributed by atoms with Crippen molar-refractivity contribution >= 4 is 0 Å². The number of hydrogen-bond acceptors (Lipinski definition) is 4. The first kappa shape index (κ1) is 5.00. The van der Waals surface area contributed by atoms with E-state index in [1.165, 1.54) is 6.07 Å². The molecule has 0 radical (unpaired) electrons. The van der Waals surface area contributed by atoms with Crippen LogP contribution in [0.3, 0.4) is 0 Å². The summed E-state index contributed by atoms with van der Waals surface area (Å²) in [4.78, 5) is 0.217. The van der Waals surface area contributed by atoms with E-state index in [9.17, 15) is 10.2 Å². The number of nitrogens with zero attached hydrogens (tertiary/aromatic N) is 1. The second-order valence-electron chi connectivity index (χ2n) is 2.87. The molecule has 1 unspecified atom stereocenters. The molecule has 0 spiro atoms. The third-order valence-corrected chi connectivity index (χ3v) is 1.74. The Morgan fingerprint density at radius 1 is 1.36 bits per heavy atom. The maximum Gasteiger partial charge on any atom is 0.157 e. The molecule has 4 nitrogen and oxygen atoms in total. The summed E-state index contributed by atoms with van der Waals surface area (Å²) in [7, 11) is 0. The van der Waals surface area contributed by atoms with E-state index in [4.69, 9.17) is 13.3 Å². The fourth-order valence-corrected chi connectivity index (χ4v) is 1.03. The van der Waals surface area contributed by atoms with E-state index in [0.717, 1.165) is 12.1 Å². The average Bonchev–Trinajstić information content (AvgIpc) is 2.26. The third-order valence-electron chi connectivity index (χ3n) is 1.74. The number of aliphatic hydroxyl groups excluding tert-OH is 1. The predicted octanol–water partition coefficient (Wildman–Crippen LogP) is 0.693. The minimum absolute atomic E-state index is 0.0961. The highest BCUT2D eigenvalue weighted by molar-refractivity contribution is 5.41. The summed E-state index contributed by atoms with van der Waals surface area (Å²) < 4.78 is 43.1. The van der Waals surface area contributed by atoms with Crippen molar-refractivity contribution in [2.75, 3.05) is 20.5 Å². The number of rotatable bonds is 3. The molecule has 0 aromatic heterocycles. The molecule has 0 saturated heterocycles. The van der Waals surface area contributed by atoms with Crippen molar-refractivity contribution in [1.82, 2.24) is 4.90 Å². The number of benzene rings is 1. The molecule has 0 saturated carbocycles. The van der Waals surface area contributed by atoms with Crippen LogP contribution in [-0.4, -0.2) is 40.7 Å². The molecule has 1 aromatic rings. The van der Waals surface area contributed by atoms with Crippen LogP contribution in [0.25, 0.3) is 0 Å². The second-order valence-corrected chi connectivity index (χ2v) is 2.87. The van der Waals surface area contributed by atoms with Gasteiger partial charge in [0.2, 0.25) is 0 Å². The van der Waals surface area contributed by atoms with Crippen molar-refractivity contribution in [2.45, 2.75) is 6.10 Å². The van der Waals surface area contributed by atoms with Gasteiger partial charge in [0.15, 0.2) is 11.5 Å². The normalized spacial score (nSPS) is 21.3. The van der Waals surface area contributed by atoms with Crippen molar-refractivity contribution < 1.29 is 23.5 Å². The first-order valence-electron chi connectivity index (χ1n) is 6.90. The summed E-state index contributed by atoms with van der Waals surface area (Å²) in [5, 5.41) is 28.3. The van der Waals surface area contributed by atoms with E-state index in [1.54, 1.807) is 0 Å². The van der Waals surface area contributed by atoms with Gasteiger partial charge >= 0.3 is 0 Å². The van der Waals surface area contributed by atoms with E-state index in [2.05, 4.69) is 0 Å². The number of phenolic OH excluding ortho intramolecular Hbond substituents is 2. The van der Waals surface area contributed by atoms with E-state index >= 15 is 0 Å². The van der Waals surface area contributed by atoms with Crippen molar-refractivity contribution in [2.24, 2.45) is 0 Å². The number of aliphatic hydroxyl groups is 1. The highest BCUT2D eigenvalue weighted by atomic mass is 16.3. The summed E-state index contributed by atoms with van der Waals surface area (Å²) in [6.45, 7) is -6.46. The zero-order valence-corrected chi connectivity index (χ0v) is 7.31. The molecule has 4 heteroatoms. The summed E-state index contributed by atoms with van der Waals surface area (Å²) in [6.07, 6.45) is -1.44. The Bertz CT molecular complexity index is 459. The van der Waals surface area contributed by atoms with Gasteiger partial charge in [-0.1, -0.05) is 6.07 Å². The second kappa shape index (κ2) is 4.30. The zero-order chi connectivity index (χ0) is 15.7. The molecule has 78 valence electrons. The van der Waals surface area contributed by atoms with Gasteiger partial charge in [0.1, 0.15) is 0 Å². The minimum Gasteiger partial charge on any atom is -0.504 e. The van der Waals surface area contributed by atoms with Gasteiger partial charge in [-0.05, 0) is 31.6 Å².